The Morgan fingerprint density at radius 3 is 1.38 bits per heavy atom. The second-order valence-corrected chi connectivity index (χ2v) is 11.9. The molecule has 0 radical (unpaired) electrons. The summed E-state index contributed by atoms with van der Waals surface area (Å²) in [5, 5.41) is 7.82. The lowest BCUT2D eigenvalue weighted by atomic mass is 10.1. The summed E-state index contributed by atoms with van der Waals surface area (Å²) < 4.78 is 58.8. The number of benzene rings is 2. The summed E-state index contributed by atoms with van der Waals surface area (Å²) in [7, 11) is 5.05. The minimum atomic E-state index is -0.815. The van der Waals surface area contributed by atoms with Crippen LogP contribution in [-0.4, -0.2) is 96.7 Å². The van der Waals surface area contributed by atoms with Crippen molar-refractivity contribution in [3.05, 3.63) is 103 Å². The van der Waals surface area contributed by atoms with Crippen molar-refractivity contribution in [2.24, 2.45) is 0 Å². The van der Waals surface area contributed by atoms with Crippen LogP contribution in [0.1, 0.15) is 87.6 Å². The summed E-state index contributed by atoms with van der Waals surface area (Å²) in [4.78, 5) is 74.0. The molecule has 0 aliphatic rings. The molecule has 0 aliphatic heterocycles. The molecule has 0 saturated carbocycles. The fourth-order valence-electron chi connectivity index (χ4n) is 4.96. The number of ether oxygens (including phenoxy) is 6. The molecule has 300 valence electrons. The van der Waals surface area contributed by atoms with Crippen LogP contribution in [0.2, 0.25) is 10.0 Å². The third-order valence-corrected chi connectivity index (χ3v) is 8.06. The number of esters is 4. The van der Waals surface area contributed by atoms with Gasteiger partial charge in [-0.15, -0.1) is 0 Å². The zero-order valence-corrected chi connectivity index (χ0v) is 32.4. The van der Waals surface area contributed by atoms with Crippen LogP contribution in [0, 0.1) is 11.6 Å². The Morgan fingerprint density at radius 2 is 1.00 bits per heavy atom. The van der Waals surface area contributed by atoms with Gasteiger partial charge in [0.05, 0.1) is 50.7 Å². The standard InChI is InChI=1S/2C18H18ClFN2O6/c1-4-28-17(24)15-11(9-26-2)16(18(25)27-3)22(21-15)8-14(23)10-5-6-12(19)13(20)7-10;1-4-28-18(25)16-11(9-26-2)15(17(24)27-3)21-22(16)8-14(23)10-5-6-12(19)13(20)7-10/h2*5-7H,4,8-9H2,1-3H3. The number of carbonyl (C=O) groups is 6. The smallest absolute Gasteiger partial charge is 0.359 e. The topological polar surface area (TPSA) is 193 Å². The molecule has 56 heavy (non-hydrogen) atoms. The van der Waals surface area contributed by atoms with E-state index in [1.807, 2.05) is 0 Å². The van der Waals surface area contributed by atoms with Gasteiger partial charge in [-0.05, 0) is 50.2 Å². The van der Waals surface area contributed by atoms with Gasteiger partial charge < -0.3 is 28.4 Å². The Morgan fingerprint density at radius 1 is 0.607 bits per heavy atom. The molecule has 0 bridgehead atoms. The molecule has 0 spiro atoms. The van der Waals surface area contributed by atoms with Gasteiger partial charge >= 0.3 is 23.9 Å². The average Bonchev–Trinajstić information content (AvgIpc) is 3.71. The molecule has 20 heteroatoms. The largest absolute Gasteiger partial charge is 0.464 e. The van der Waals surface area contributed by atoms with E-state index in [4.69, 9.17) is 46.9 Å². The van der Waals surface area contributed by atoms with Gasteiger partial charge in [0, 0.05) is 36.5 Å². The Balaban J connectivity index is 0.000000300. The van der Waals surface area contributed by atoms with Crippen molar-refractivity contribution in [3.63, 3.8) is 0 Å². The number of methoxy groups -OCH3 is 4. The molecule has 0 N–H and O–H groups in total. The van der Waals surface area contributed by atoms with Crippen LogP contribution in [0.3, 0.4) is 0 Å². The fourth-order valence-corrected chi connectivity index (χ4v) is 5.20. The SMILES string of the molecule is CCOC(=O)c1c(COC)c(C(=O)OC)nn1CC(=O)c1ccc(Cl)c(F)c1.CCOC(=O)c1nn(CC(=O)c2ccc(Cl)c(F)c2)c(C(=O)OC)c1COC. The monoisotopic (exact) mass is 824 g/mol. The van der Waals surface area contributed by atoms with Gasteiger partial charge in [0.25, 0.3) is 0 Å². The van der Waals surface area contributed by atoms with Crippen LogP contribution in [0.4, 0.5) is 8.78 Å². The second kappa shape index (κ2) is 20.9. The number of nitrogens with zero attached hydrogens (tertiary/aromatic N) is 4. The third-order valence-electron chi connectivity index (χ3n) is 7.44. The van der Waals surface area contributed by atoms with Gasteiger partial charge in [-0.3, -0.25) is 9.59 Å². The molecular formula is C36H36Cl2F2N4O12. The van der Waals surface area contributed by atoms with Gasteiger partial charge in [0.1, 0.15) is 24.7 Å². The normalized spacial score (nSPS) is 10.6. The van der Waals surface area contributed by atoms with Crippen molar-refractivity contribution in [3.8, 4) is 0 Å². The lowest BCUT2D eigenvalue weighted by Crippen LogP contribution is -2.19. The highest BCUT2D eigenvalue weighted by Crippen LogP contribution is 2.23. The molecule has 0 unspecified atom stereocenters. The van der Waals surface area contributed by atoms with Crippen LogP contribution in [0.25, 0.3) is 0 Å². The number of carbonyl (C=O) groups excluding carboxylic acids is 6. The van der Waals surface area contributed by atoms with E-state index >= 15 is 0 Å². The molecule has 2 aromatic carbocycles. The summed E-state index contributed by atoms with van der Waals surface area (Å²) in [6.45, 7) is 2.23. The van der Waals surface area contributed by atoms with Crippen LogP contribution in [0.15, 0.2) is 36.4 Å². The lowest BCUT2D eigenvalue weighted by Gasteiger charge is -2.09. The summed E-state index contributed by atoms with van der Waals surface area (Å²) in [6.07, 6.45) is 0. The van der Waals surface area contributed by atoms with E-state index in [2.05, 4.69) is 14.9 Å². The first-order valence-corrected chi connectivity index (χ1v) is 17.1. The highest BCUT2D eigenvalue weighted by atomic mass is 35.5. The van der Waals surface area contributed by atoms with Crippen LogP contribution >= 0.6 is 23.2 Å². The number of ketones is 2. The number of hydrogen-bond acceptors (Lipinski definition) is 14. The number of halogens is 4. The summed E-state index contributed by atoms with van der Waals surface area (Å²) in [6, 6.07) is 7.14. The molecule has 0 aliphatic carbocycles. The van der Waals surface area contributed by atoms with E-state index in [-0.39, 0.29) is 81.5 Å². The minimum Gasteiger partial charge on any atom is -0.464 e. The van der Waals surface area contributed by atoms with Crippen molar-refractivity contribution in [2.45, 2.75) is 40.2 Å². The number of rotatable bonds is 16. The van der Waals surface area contributed by atoms with Gasteiger partial charge in [-0.1, -0.05) is 23.2 Å². The molecule has 0 fully saturated rings. The molecule has 4 aromatic rings. The van der Waals surface area contributed by atoms with E-state index in [0.29, 0.717) is 0 Å². The van der Waals surface area contributed by atoms with Crippen molar-refractivity contribution >= 4 is 58.6 Å². The molecule has 2 heterocycles. The lowest BCUT2D eigenvalue weighted by molar-refractivity contribution is 0.0499. The maximum Gasteiger partial charge on any atom is 0.359 e. The first-order valence-electron chi connectivity index (χ1n) is 16.3. The first kappa shape index (κ1) is 44.8. The fraction of sp³-hybridized carbons (Fsp3) is 0.333. The Hall–Kier alpha value is -5.56. The highest BCUT2D eigenvalue weighted by molar-refractivity contribution is 6.31. The van der Waals surface area contributed by atoms with E-state index in [1.165, 1.54) is 38.5 Å². The predicted molar refractivity (Wildman–Crippen MR) is 192 cm³/mol. The molecule has 2 aromatic heterocycles. The molecule has 0 atom stereocenters. The zero-order chi connectivity index (χ0) is 41.7. The van der Waals surface area contributed by atoms with Crippen LogP contribution in [-0.2, 0) is 54.7 Å². The van der Waals surface area contributed by atoms with Gasteiger partial charge in [0.2, 0.25) is 0 Å². The van der Waals surface area contributed by atoms with Crippen molar-refractivity contribution < 1.29 is 66.0 Å². The highest BCUT2D eigenvalue weighted by Gasteiger charge is 2.31. The van der Waals surface area contributed by atoms with E-state index in [9.17, 15) is 37.5 Å². The molecule has 16 nitrogen and oxygen atoms in total. The van der Waals surface area contributed by atoms with Crippen molar-refractivity contribution in [1.29, 1.82) is 0 Å². The first-order chi connectivity index (χ1) is 26.7. The van der Waals surface area contributed by atoms with Gasteiger partial charge in [0.15, 0.2) is 34.3 Å². The molecule has 0 saturated heterocycles. The average molecular weight is 826 g/mol. The molecule has 4 rings (SSSR count). The van der Waals surface area contributed by atoms with Crippen LogP contribution in [0.5, 0.6) is 0 Å². The van der Waals surface area contributed by atoms with E-state index in [1.54, 1.807) is 13.8 Å². The van der Waals surface area contributed by atoms with E-state index < -0.39 is 60.2 Å². The maximum atomic E-state index is 13.6. The number of aromatic nitrogens is 4. The number of hydrogen-bond donors (Lipinski definition) is 0. The summed E-state index contributed by atoms with van der Waals surface area (Å²) in [5.74, 6) is -5.80. The maximum absolute atomic E-state index is 13.6. The Labute approximate surface area is 328 Å². The summed E-state index contributed by atoms with van der Waals surface area (Å²) >= 11 is 11.3. The second-order valence-electron chi connectivity index (χ2n) is 11.1. The van der Waals surface area contributed by atoms with Crippen molar-refractivity contribution in [2.75, 3.05) is 41.7 Å². The predicted octanol–water partition coefficient (Wildman–Crippen LogP) is 5.34. The van der Waals surface area contributed by atoms with Crippen molar-refractivity contribution in [1.82, 2.24) is 19.6 Å². The minimum absolute atomic E-state index is 0.0270. The Kier molecular flexibility index (Phi) is 16.8. The van der Waals surface area contributed by atoms with Crippen LogP contribution < -0.4 is 0 Å². The molecular weight excluding hydrogens is 789 g/mol. The zero-order valence-electron chi connectivity index (χ0n) is 30.9. The van der Waals surface area contributed by atoms with E-state index in [0.717, 1.165) is 35.7 Å². The van der Waals surface area contributed by atoms with Gasteiger partial charge in [-0.2, -0.15) is 10.2 Å². The van der Waals surface area contributed by atoms with Gasteiger partial charge in [-0.25, -0.2) is 37.3 Å². The molecule has 0 amide bonds. The number of Topliss-reactive ketones (excluding diaryl/α,β-unsaturated/α-hetero) is 2. The third kappa shape index (κ3) is 10.8. The quantitative estimate of drug-likeness (QED) is 0.0799. The summed E-state index contributed by atoms with van der Waals surface area (Å²) in [5.41, 5.74) is -0.283. The Bertz CT molecular complexity index is 2110.